The molecule has 7 rings (SSSR count). The fourth-order valence-electron chi connectivity index (χ4n) is 8.83. The molecule has 1 atom stereocenters. The zero-order valence-electron chi connectivity index (χ0n) is 34.2. The Morgan fingerprint density at radius 2 is 1.67 bits per heavy atom. The molecule has 58 heavy (non-hydrogen) atoms. The first-order valence-electron chi connectivity index (χ1n) is 20.8. The van der Waals surface area contributed by atoms with Gasteiger partial charge < -0.3 is 15.0 Å². The fourth-order valence-corrected chi connectivity index (χ4v) is 8.83. The van der Waals surface area contributed by atoms with Crippen molar-refractivity contribution in [2.75, 3.05) is 10.2 Å². The molecule has 1 heterocycles. The Morgan fingerprint density at radius 3 is 2.48 bits per heavy atom. The number of hydrogen-bond donors (Lipinski definition) is 1. The van der Waals surface area contributed by atoms with Crippen LogP contribution in [0.4, 0.5) is 22.7 Å². The van der Waals surface area contributed by atoms with Crippen molar-refractivity contribution in [1.29, 1.82) is 0 Å². The molecule has 0 radical (unpaired) electrons. The molecule has 1 fully saturated rings. The second-order valence-electron chi connectivity index (χ2n) is 15.4. The summed E-state index contributed by atoms with van der Waals surface area (Å²) in [4.78, 5) is 2.37. The molecule has 3 aromatic rings. The summed E-state index contributed by atoms with van der Waals surface area (Å²) < 4.78 is 5.69. The molecular formula is C55H56N2O. The van der Waals surface area contributed by atoms with E-state index in [-0.39, 0.29) is 11.3 Å². The van der Waals surface area contributed by atoms with E-state index in [1.165, 1.54) is 47.9 Å². The molecule has 1 aliphatic heterocycles. The van der Waals surface area contributed by atoms with E-state index in [0.717, 1.165) is 64.4 Å². The number of benzene rings is 3. The fraction of sp³-hybridized carbons (Fsp3) is 0.200. The lowest BCUT2D eigenvalue weighted by Crippen LogP contribution is -2.24. The lowest BCUT2D eigenvalue weighted by molar-refractivity contribution is 0.403. The van der Waals surface area contributed by atoms with Crippen LogP contribution < -0.4 is 10.2 Å². The minimum absolute atomic E-state index is 0.109. The zero-order chi connectivity index (χ0) is 40.3. The lowest BCUT2D eigenvalue weighted by atomic mass is 9.73. The van der Waals surface area contributed by atoms with Crippen molar-refractivity contribution < 1.29 is 4.74 Å². The maximum Gasteiger partial charge on any atom is 0.0902 e. The van der Waals surface area contributed by atoms with Gasteiger partial charge in [-0.05, 0) is 139 Å². The molecule has 3 aliphatic carbocycles. The van der Waals surface area contributed by atoms with Crippen LogP contribution in [0.5, 0.6) is 0 Å². The molecule has 0 amide bonds. The van der Waals surface area contributed by atoms with Crippen molar-refractivity contribution in [1.82, 2.24) is 0 Å². The van der Waals surface area contributed by atoms with Crippen LogP contribution in [-0.4, -0.2) is 0 Å². The summed E-state index contributed by atoms with van der Waals surface area (Å²) in [6.45, 7) is 17.2. The smallest absolute Gasteiger partial charge is 0.0902 e. The first kappa shape index (κ1) is 39.9. The highest BCUT2D eigenvalue weighted by molar-refractivity contribution is 5.89. The van der Waals surface area contributed by atoms with Gasteiger partial charge in [0.1, 0.15) is 0 Å². The maximum atomic E-state index is 5.69. The topological polar surface area (TPSA) is 24.5 Å². The van der Waals surface area contributed by atoms with Crippen molar-refractivity contribution in [2.24, 2.45) is 0 Å². The largest absolute Gasteiger partial charge is 0.473 e. The van der Waals surface area contributed by atoms with Crippen LogP contribution in [0.25, 0.3) is 11.6 Å². The molecule has 1 saturated carbocycles. The Hall–Kier alpha value is -6.32. The SMILES string of the molecule is C=C/C=C\CC=Cc1ccc(Nc2ccc(N(/C3=C/C=C\O/C=C\C=C/C(=C)C3=C)c3ccc4c(c3)C3(CCCC3)C3=C4C=CCC3)cc2C(C)/C=C\C=C/C)cc1. The van der Waals surface area contributed by atoms with Crippen molar-refractivity contribution in [3.8, 4) is 0 Å². The van der Waals surface area contributed by atoms with Crippen molar-refractivity contribution in [2.45, 2.75) is 70.1 Å². The second kappa shape index (κ2) is 18.7. The molecule has 0 aromatic heterocycles. The maximum absolute atomic E-state index is 5.69. The number of anilines is 4. The summed E-state index contributed by atoms with van der Waals surface area (Å²) in [6.07, 6.45) is 44.8. The first-order chi connectivity index (χ1) is 28.4. The molecule has 292 valence electrons. The third-order valence-corrected chi connectivity index (χ3v) is 11.7. The lowest BCUT2D eigenvalue weighted by Gasteiger charge is -2.33. The third kappa shape index (κ3) is 8.65. The van der Waals surface area contributed by atoms with Crippen LogP contribution >= 0.6 is 0 Å². The van der Waals surface area contributed by atoms with Gasteiger partial charge in [-0.2, -0.15) is 0 Å². The minimum Gasteiger partial charge on any atom is -0.473 e. The van der Waals surface area contributed by atoms with Crippen molar-refractivity contribution in [3.05, 3.63) is 229 Å². The third-order valence-electron chi connectivity index (χ3n) is 11.7. The number of ether oxygens (including phenoxy) is 1. The quantitative estimate of drug-likeness (QED) is 0.186. The predicted molar refractivity (Wildman–Crippen MR) is 250 cm³/mol. The molecule has 1 spiro atoms. The van der Waals surface area contributed by atoms with E-state index in [1.54, 1.807) is 24.2 Å². The Balaban J connectivity index is 1.34. The number of nitrogens with zero attached hydrogens (tertiary/aromatic N) is 1. The van der Waals surface area contributed by atoms with E-state index in [2.05, 4.69) is 158 Å². The number of fused-ring (bicyclic) bond motifs is 4. The molecule has 4 aliphatic rings. The van der Waals surface area contributed by atoms with Crippen molar-refractivity contribution in [3.63, 3.8) is 0 Å². The number of hydrogen-bond acceptors (Lipinski definition) is 3. The van der Waals surface area contributed by atoms with Gasteiger partial charge in [-0.1, -0.05) is 142 Å². The van der Waals surface area contributed by atoms with Crippen LogP contribution in [0.2, 0.25) is 0 Å². The van der Waals surface area contributed by atoms with Crippen LogP contribution in [0.3, 0.4) is 0 Å². The zero-order valence-corrected chi connectivity index (χ0v) is 34.2. The first-order valence-corrected chi connectivity index (χ1v) is 20.8. The van der Waals surface area contributed by atoms with E-state index in [4.69, 9.17) is 4.74 Å². The van der Waals surface area contributed by atoms with Crippen LogP contribution in [-0.2, 0) is 10.2 Å². The number of allylic oxidation sites excluding steroid dienone is 18. The number of rotatable bonds is 12. The highest BCUT2D eigenvalue weighted by Crippen LogP contribution is 2.58. The van der Waals surface area contributed by atoms with Gasteiger partial charge in [0, 0.05) is 34.1 Å². The molecule has 3 nitrogen and oxygen atoms in total. The van der Waals surface area contributed by atoms with E-state index in [1.807, 2.05) is 37.3 Å². The summed E-state index contributed by atoms with van der Waals surface area (Å²) >= 11 is 0. The highest BCUT2D eigenvalue weighted by atomic mass is 16.5. The van der Waals surface area contributed by atoms with E-state index < -0.39 is 0 Å². The van der Waals surface area contributed by atoms with Crippen LogP contribution in [0.1, 0.15) is 87.0 Å². The van der Waals surface area contributed by atoms with Crippen LogP contribution in [0, 0.1) is 0 Å². The monoisotopic (exact) mass is 760 g/mol. The van der Waals surface area contributed by atoms with Crippen LogP contribution in [0.15, 0.2) is 206 Å². The van der Waals surface area contributed by atoms with Gasteiger partial charge in [0.2, 0.25) is 0 Å². The van der Waals surface area contributed by atoms with E-state index in [0.29, 0.717) is 0 Å². The van der Waals surface area contributed by atoms with Gasteiger partial charge in [-0.25, -0.2) is 0 Å². The number of nitrogens with one attached hydrogen (secondary N) is 1. The van der Waals surface area contributed by atoms with Gasteiger partial charge in [0.05, 0.1) is 18.2 Å². The standard InChI is InChI=1S/C55H56N2O/c1-6-8-10-11-13-23-44-27-29-45(30-28-44)56-53-34-32-46(39-50(53)42(4)22-12-9-7-2)57(54-26-20-38-58-37-19-16-21-41(3)43(54)5)47-31-33-49-48-24-14-15-25-51(48)55(52(49)40-47)35-17-18-36-55/h6-10,12-14,16,19-24,26-34,37-40,42,56H,1,3,5,11,15,17-18,25,35-36H2,2,4H3/b9-7-,10-8-,21-16-,22-12-,23-13?,37-19-,38-20-,54-26+. The molecular weight excluding hydrogens is 705 g/mol. The summed E-state index contributed by atoms with van der Waals surface area (Å²) in [5.74, 6) is 0.109. The molecule has 0 bridgehead atoms. The Bertz CT molecular complexity index is 2340. The minimum atomic E-state index is 0.109. The Labute approximate surface area is 346 Å². The molecule has 1 unspecified atom stereocenters. The van der Waals surface area contributed by atoms with Gasteiger partial charge in [0.15, 0.2) is 0 Å². The van der Waals surface area contributed by atoms with E-state index >= 15 is 0 Å². The summed E-state index contributed by atoms with van der Waals surface area (Å²) in [7, 11) is 0. The summed E-state index contributed by atoms with van der Waals surface area (Å²) in [6, 6.07) is 22.6. The average molecular weight is 761 g/mol. The van der Waals surface area contributed by atoms with Gasteiger partial charge in [-0.15, -0.1) is 0 Å². The molecule has 3 heteroatoms. The highest BCUT2D eigenvalue weighted by Gasteiger charge is 2.46. The summed E-state index contributed by atoms with van der Waals surface area (Å²) in [5.41, 5.74) is 15.3. The van der Waals surface area contributed by atoms with Gasteiger partial charge >= 0.3 is 0 Å². The Morgan fingerprint density at radius 1 is 0.879 bits per heavy atom. The molecule has 0 saturated heterocycles. The average Bonchev–Trinajstić information content (AvgIpc) is 3.84. The molecule has 3 aromatic carbocycles. The van der Waals surface area contributed by atoms with Gasteiger partial charge in [-0.3, -0.25) is 0 Å². The Kier molecular flexibility index (Phi) is 12.9. The normalized spacial score (nSPS) is 20.6. The summed E-state index contributed by atoms with van der Waals surface area (Å²) in [5, 5.41) is 3.77. The predicted octanol–water partition coefficient (Wildman–Crippen LogP) is 15.5. The van der Waals surface area contributed by atoms with Crippen molar-refractivity contribution >= 4 is 34.4 Å². The van der Waals surface area contributed by atoms with E-state index in [9.17, 15) is 0 Å². The second-order valence-corrected chi connectivity index (χ2v) is 15.4. The van der Waals surface area contributed by atoms with Gasteiger partial charge in [0.25, 0.3) is 0 Å². The molecule has 1 N–H and O–H groups in total.